The molecular weight excluding hydrogens is 102 g/mol. The van der Waals surface area contributed by atoms with Gasteiger partial charge in [-0.1, -0.05) is 12.7 Å². The Morgan fingerprint density at radius 2 is 2.38 bits per heavy atom. The van der Waals surface area contributed by atoms with E-state index in [2.05, 4.69) is 22.9 Å². The first-order valence-corrected chi connectivity index (χ1v) is 2.19. The maximum absolute atomic E-state index is 4.61. The van der Waals surface area contributed by atoms with Gasteiger partial charge in [0.15, 0.2) is 0 Å². The van der Waals surface area contributed by atoms with E-state index in [1.165, 1.54) is 13.3 Å². The van der Waals surface area contributed by atoms with Crippen LogP contribution >= 0.6 is 0 Å². The summed E-state index contributed by atoms with van der Waals surface area (Å²) in [5, 5.41) is 0. The molecule has 0 heterocycles. The van der Waals surface area contributed by atoms with Gasteiger partial charge >= 0.3 is 0 Å². The highest BCUT2D eigenvalue weighted by Gasteiger charge is 1.76. The van der Waals surface area contributed by atoms with Gasteiger partial charge in [-0.2, -0.15) is 0 Å². The van der Waals surface area contributed by atoms with Crippen LogP contribution < -0.4 is 0 Å². The predicted molar refractivity (Wildman–Crippen MR) is 34.8 cm³/mol. The highest BCUT2D eigenvalue weighted by molar-refractivity contribution is 5.70. The highest BCUT2D eigenvalue weighted by atomic mass is 16.5. The number of nitrogens with zero attached hydrogens (tertiary/aromatic N) is 1. The van der Waals surface area contributed by atoms with Crippen LogP contribution in [0.4, 0.5) is 0 Å². The maximum Gasteiger partial charge on any atom is 0.205 e. The van der Waals surface area contributed by atoms with Gasteiger partial charge in [-0.25, -0.2) is 4.99 Å². The van der Waals surface area contributed by atoms with Gasteiger partial charge in [0.25, 0.3) is 0 Å². The van der Waals surface area contributed by atoms with Gasteiger partial charge in [0.05, 0.1) is 7.11 Å². The number of methoxy groups -OCH3 is 1. The van der Waals surface area contributed by atoms with E-state index in [0.29, 0.717) is 5.88 Å². The molecule has 0 saturated carbocycles. The fraction of sp³-hybridized carbons (Fsp3) is 0.167. The van der Waals surface area contributed by atoms with E-state index < -0.39 is 0 Å². The van der Waals surface area contributed by atoms with E-state index in [9.17, 15) is 0 Å². The molecule has 0 aliphatic heterocycles. The molecule has 0 radical (unpaired) electrons. The minimum absolute atomic E-state index is 0.393. The topological polar surface area (TPSA) is 21.6 Å². The average molecular weight is 111 g/mol. The summed E-state index contributed by atoms with van der Waals surface area (Å²) in [6, 6.07) is 0. The predicted octanol–water partition coefficient (Wildman–Crippen LogP) is 1.36. The van der Waals surface area contributed by atoms with E-state index in [0.717, 1.165) is 0 Å². The molecule has 0 fully saturated rings. The van der Waals surface area contributed by atoms with Gasteiger partial charge in [0, 0.05) is 6.21 Å². The molecule has 2 heteroatoms. The SMILES string of the molecule is C=C/C=N\C(=C)OC. The molecule has 0 saturated heterocycles. The molecule has 0 spiro atoms. The zero-order valence-electron chi connectivity index (χ0n) is 4.92. The second-order valence-corrected chi connectivity index (χ2v) is 1.11. The van der Waals surface area contributed by atoms with Crippen molar-refractivity contribution in [2.45, 2.75) is 0 Å². The Morgan fingerprint density at radius 3 is 2.75 bits per heavy atom. The zero-order chi connectivity index (χ0) is 6.41. The molecule has 0 aliphatic carbocycles. The van der Waals surface area contributed by atoms with Crippen molar-refractivity contribution < 1.29 is 4.74 Å². The molecule has 44 valence electrons. The number of rotatable bonds is 3. The van der Waals surface area contributed by atoms with E-state index in [1.807, 2.05) is 0 Å². The van der Waals surface area contributed by atoms with Crippen molar-refractivity contribution in [3.63, 3.8) is 0 Å². The third-order valence-electron chi connectivity index (χ3n) is 0.560. The molecule has 0 aromatic carbocycles. The van der Waals surface area contributed by atoms with Crippen LogP contribution in [-0.4, -0.2) is 13.3 Å². The van der Waals surface area contributed by atoms with Crippen molar-refractivity contribution in [2.24, 2.45) is 4.99 Å². The zero-order valence-corrected chi connectivity index (χ0v) is 4.92. The Hall–Kier alpha value is -1.05. The number of allylic oxidation sites excluding steroid dienone is 1. The lowest BCUT2D eigenvalue weighted by Gasteiger charge is -1.91. The molecule has 0 rings (SSSR count). The molecule has 8 heavy (non-hydrogen) atoms. The van der Waals surface area contributed by atoms with Crippen molar-refractivity contribution >= 4 is 6.21 Å². The van der Waals surface area contributed by atoms with Gasteiger partial charge in [-0.15, -0.1) is 0 Å². The first-order chi connectivity index (χ1) is 3.81. The fourth-order valence-electron chi connectivity index (χ4n) is 0.189. The fourth-order valence-corrected chi connectivity index (χ4v) is 0.189. The lowest BCUT2D eigenvalue weighted by atomic mass is 10.7. The van der Waals surface area contributed by atoms with Crippen molar-refractivity contribution in [3.8, 4) is 0 Å². The molecule has 0 N–H and O–H groups in total. The van der Waals surface area contributed by atoms with Crippen LogP contribution in [0.25, 0.3) is 0 Å². The molecule has 0 atom stereocenters. The Morgan fingerprint density at radius 1 is 1.75 bits per heavy atom. The molecule has 0 aliphatic rings. The Balaban J connectivity index is 3.52. The number of hydrogen-bond acceptors (Lipinski definition) is 2. The van der Waals surface area contributed by atoms with Crippen molar-refractivity contribution in [3.05, 3.63) is 25.1 Å². The van der Waals surface area contributed by atoms with Crippen molar-refractivity contribution in [1.29, 1.82) is 0 Å². The Bertz CT molecular complexity index is 116. The third-order valence-corrected chi connectivity index (χ3v) is 0.560. The van der Waals surface area contributed by atoms with E-state index in [1.54, 1.807) is 6.08 Å². The molecule has 2 nitrogen and oxygen atoms in total. The number of hydrogen-bond donors (Lipinski definition) is 0. The number of aliphatic imine (C=N–C) groups is 1. The number of ether oxygens (including phenoxy) is 1. The van der Waals surface area contributed by atoms with Crippen molar-refractivity contribution in [2.75, 3.05) is 7.11 Å². The second kappa shape index (κ2) is 4.12. The molecule has 0 aromatic rings. The first-order valence-electron chi connectivity index (χ1n) is 2.19. The minimum atomic E-state index is 0.393. The van der Waals surface area contributed by atoms with Crippen LogP contribution in [0.2, 0.25) is 0 Å². The van der Waals surface area contributed by atoms with Gasteiger partial charge in [-0.3, -0.25) is 0 Å². The van der Waals surface area contributed by atoms with Gasteiger partial charge in [0.1, 0.15) is 0 Å². The second-order valence-electron chi connectivity index (χ2n) is 1.11. The van der Waals surface area contributed by atoms with Crippen LogP contribution in [0, 0.1) is 0 Å². The third kappa shape index (κ3) is 3.15. The monoisotopic (exact) mass is 111 g/mol. The van der Waals surface area contributed by atoms with Crippen LogP contribution in [0.15, 0.2) is 30.1 Å². The van der Waals surface area contributed by atoms with E-state index in [-0.39, 0.29) is 0 Å². The molecule has 0 amide bonds. The first kappa shape index (κ1) is 6.95. The Labute approximate surface area is 49.2 Å². The van der Waals surface area contributed by atoms with E-state index in [4.69, 9.17) is 0 Å². The van der Waals surface area contributed by atoms with Crippen LogP contribution in [0.1, 0.15) is 0 Å². The summed E-state index contributed by atoms with van der Waals surface area (Å²) < 4.78 is 4.61. The van der Waals surface area contributed by atoms with Gasteiger partial charge < -0.3 is 4.74 Å². The Kier molecular flexibility index (Phi) is 3.58. The van der Waals surface area contributed by atoms with Crippen LogP contribution in [0.3, 0.4) is 0 Å². The standard InChI is InChI=1S/C6H9NO/c1-4-5-7-6(2)8-3/h4-5H,1-2H2,3H3/b7-5-. The summed E-state index contributed by atoms with van der Waals surface area (Å²) in [5.74, 6) is 0.393. The molecule has 0 aromatic heterocycles. The lowest BCUT2D eigenvalue weighted by Crippen LogP contribution is -1.77. The van der Waals surface area contributed by atoms with Crippen LogP contribution in [-0.2, 0) is 4.74 Å². The van der Waals surface area contributed by atoms with E-state index >= 15 is 0 Å². The smallest absolute Gasteiger partial charge is 0.205 e. The van der Waals surface area contributed by atoms with Gasteiger partial charge in [0.2, 0.25) is 5.88 Å². The highest BCUT2D eigenvalue weighted by Crippen LogP contribution is 1.88. The summed E-state index contributed by atoms with van der Waals surface area (Å²) in [5.41, 5.74) is 0. The largest absolute Gasteiger partial charge is 0.481 e. The summed E-state index contributed by atoms with van der Waals surface area (Å²) >= 11 is 0. The normalized spacial score (nSPS) is 9.12. The van der Waals surface area contributed by atoms with Gasteiger partial charge in [-0.05, 0) is 6.58 Å². The molecular formula is C6H9NO. The summed E-state index contributed by atoms with van der Waals surface area (Å²) in [6.07, 6.45) is 3.08. The lowest BCUT2D eigenvalue weighted by molar-refractivity contribution is 0.291. The maximum atomic E-state index is 4.61. The molecule has 0 unspecified atom stereocenters. The quantitative estimate of drug-likeness (QED) is 0.398. The summed E-state index contributed by atoms with van der Waals surface area (Å²) in [4.78, 5) is 3.70. The average Bonchev–Trinajstić information content (AvgIpc) is 1.83. The molecule has 0 bridgehead atoms. The van der Waals surface area contributed by atoms with Crippen molar-refractivity contribution in [1.82, 2.24) is 0 Å². The summed E-state index contributed by atoms with van der Waals surface area (Å²) in [7, 11) is 1.52. The minimum Gasteiger partial charge on any atom is -0.481 e. The summed E-state index contributed by atoms with van der Waals surface area (Å²) in [6.45, 7) is 6.86. The van der Waals surface area contributed by atoms with Crippen LogP contribution in [0.5, 0.6) is 0 Å².